The summed E-state index contributed by atoms with van der Waals surface area (Å²) in [6, 6.07) is 4.69. The summed E-state index contributed by atoms with van der Waals surface area (Å²) in [5.74, 6) is -1.03. The van der Waals surface area contributed by atoms with Gasteiger partial charge in [-0.05, 0) is 17.7 Å². The van der Waals surface area contributed by atoms with Crippen LogP contribution in [0.1, 0.15) is 11.1 Å². The minimum Gasteiger partial charge on any atom is -0.481 e. The van der Waals surface area contributed by atoms with E-state index in [1.165, 1.54) is 12.1 Å². The lowest BCUT2D eigenvalue weighted by molar-refractivity contribution is -0.136. The SMILES string of the molecule is N#Cc1cc(N)cc(Cl)c1CC(=O)O. The molecule has 0 radical (unpaired) electrons. The van der Waals surface area contributed by atoms with E-state index in [1.807, 2.05) is 6.07 Å². The van der Waals surface area contributed by atoms with Gasteiger partial charge < -0.3 is 10.8 Å². The Morgan fingerprint density at radius 3 is 2.79 bits per heavy atom. The Balaban J connectivity index is 3.27. The number of nitrogens with two attached hydrogens (primary N) is 1. The number of anilines is 1. The molecule has 0 spiro atoms. The topological polar surface area (TPSA) is 87.1 Å². The van der Waals surface area contributed by atoms with Crippen LogP contribution in [0.3, 0.4) is 0 Å². The van der Waals surface area contributed by atoms with Gasteiger partial charge >= 0.3 is 5.97 Å². The highest BCUT2D eigenvalue weighted by molar-refractivity contribution is 6.32. The third-order valence-corrected chi connectivity index (χ3v) is 2.00. The molecule has 0 saturated carbocycles. The molecule has 0 unspecified atom stereocenters. The molecule has 0 amide bonds. The Morgan fingerprint density at radius 2 is 2.29 bits per heavy atom. The quantitative estimate of drug-likeness (QED) is 0.723. The summed E-state index contributed by atoms with van der Waals surface area (Å²) >= 11 is 5.76. The number of nitrogens with zero attached hydrogens (tertiary/aromatic N) is 1. The number of hydrogen-bond donors (Lipinski definition) is 2. The van der Waals surface area contributed by atoms with Crippen LogP contribution in [0.2, 0.25) is 5.02 Å². The molecule has 0 fully saturated rings. The summed E-state index contributed by atoms with van der Waals surface area (Å²) in [5, 5.41) is 17.5. The van der Waals surface area contributed by atoms with Crippen LogP contribution in [0, 0.1) is 11.3 Å². The minimum atomic E-state index is -1.03. The molecule has 0 heterocycles. The predicted molar refractivity (Wildman–Crippen MR) is 51.9 cm³/mol. The highest BCUT2D eigenvalue weighted by Gasteiger charge is 2.11. The lowest BCUT2D eigenvalue weighted by atomic mass is 10.0. The molecular weight excluding hydrogens is 204 g/mol. The van der Waals surface area contributed by atoms with E-state index in [0.29, 0.717) is 11.3 Å². The van der Waals surface area contributed by atoms with Gasteiger partial charge in [0, 0.05) is 10.7 Å². The maximum absolute atomic E-state index is 10.5. The molecule has 0 bridgehead atoms. The number of aliphatic carboxylic acids is 1. The van der Waals surface area contributed by atoms with Crippen LogP contribution in [-0.2, 0) is 11.2 Å². The normalized spacial score (nSPS) is 9.43. The average Bonchev–Trinajstić information content (AvgIpc) is 2.08. The van der Waals surface area contributed by atoms with Crippen LogP contribution in [0.25, 0.3) is 0 Å². The summed E-state index contributed by atoms with van der Waals surface area (Å²) in [4.78, 5) is 10.5. The van der Waals surface area contributed by atoms with Crippen LogP contribution < -0.4 is 5.73 Å². The fourth-order valence-electron chi connectivity index (χ4n) is 1.09. The number of halogens is 1. The van der Waals surface area contributed by atoms with Crippen molar-refractivity contribution in [2.75, 3.05) is 5.73 Å². The molecule has 0 aliphatic heterocycles. The molecule has 1 rings (SSSR count). The van der Waals surface area contributed by atoms with Crippen LogP contribution in [-0.4, -0.2) is 11.1 Å². The van der Waals surface area contributed by atoms with Crippen molar-refractivity contribution in [3.05, 3.63) is 28.3 Å². The number of hydrogen-bond acceptors (Lipinski definition) is 3. The van der Waals surface area contributed by atoms with Gasteiger partial charge in [0.15, 0.2) is 0 Å². The Kier molecular flexibility index (Phi) is 2.95. The van der Waals surface area contributed by atoms with Gasteiger partial charge in [-0.3, -0.25) is 4.79 Å². The Bertz CT molecular complexity index is 424. The molecule has 1 aromatic carbocycles. The molecule has 5 heteroatoms. The molecule has 0 aromatic heterocycles. The standard InChI is InChI=1S/C9H7ClN2O2/c10-8-2-6(12)1-5(4-11)7(8)3-9(13)14/h1-2H,3,12H2,(H,13,14). The zero-order valence-electron chi connectivity index (χ0n) is 7.12. The second-order valence-corrected chi connectivity index (χ2v) is 3.12. The molecular formula is C9H7ClN2O2. The van der Waals surface area contributed by atoms with Gasteiger partial charge in [0.05, 0.1) is 18.1 Å². The zero-order valence-corrected chi connectivity index (χ0v) is 7.88. The summed E-state index contributed by atoms with van der Waals surface area (Å²) in [6.07, 6.45) is -0.276. The van der Waals surface area contributed by atoms with Gasteiger partial charge in [0.2, 0.25) is 0 Å². The Morgan fingerprint density at radius 1 is 1.64 bits per heavy atom. The van der Waals surface area contributed by atoms with Crippen molar-refractivity contribution in [2.45, 2.75) is 6.42 Å². The van der Waals surface area contributed by atoms with E-state index >= 15 is 0 Å². The van der Waals surface area contributed by atoms with E-state index in [0.717, 1.165) is 0 Å². The average molecular weight is 211 g/mol. The van der Waals surface area contributed by atoms with E-state index in [4.69, 9.17) is 27.7 Å². The highest BCUT2D eigenvalue weighted by atomic mass is 35.5. The maximum Gasteiger partial charge on any atom is 0.307 e. The lowest BCUT2D eigenvalue weighted by Crippen LogP contribution is -2.04. The molecule has 0 saturated heterocycles. The molecule has 3 N–H and O–H groups in total. The Hall–Kier alpha value is -1.73. The van der Waals surface area contributed by atoms with E-state index in [2.05, 4.69) is 0 Å². The van der Waals surface area contributed by atoms with Crippen LogP contribution in [0.5, 0.6) is 0 Å². The number of carboxylic acid groups (broad SMARTS) is 1. The van der Waals surface area contributed by atoms with Crippen molar-refractivity contribution < 1.29 is 9.90 Å². The molecule has 0 atom stereocenters. The first-order chi connectivity index (χ1) is 6.54. The van der Waals surface area contributed by atoms with Gasteiger partial charge in [-0.1, -0.05) is 11.6 Å². The van der Waals surface area contributed by atoms with Crippen molar-refractivity contribution >= 4 is 23.3 Å². The van der Waals surface area contributed by atoms with Gasteiger partial charge in [-0.25, -0.2) is 0 Å². The number of rotatable bonds is 2. The van der Waals surface area contributed by atoms with Gasteiger partial charge in [-0.15, -0.1) is 0 Å². The number of nitriles is 1. The smallest absolute Gasteiger partial charge is 0.307 e. The van der Waals surface area contributed by atoms with Crippen molar-refractivity contribution in [3.63, 3.8) is 0 Å². The van der Waals surface area contributed by atoms with Crippen LogP contribution in [0.4, 0.5) is 5.69 Å². The van der Waals surface area contributed by atoms with E-state index in [9.17, 15) is 4.79 Å². The largest absolute Gasteiger partial charge is 0.481 e. The molecule has 4 nitrogen and oxygen atoms in total. The second-order valence-electron chi connectivity index (χ2n) is 2.71. The summed E-state index contributed by atoms with van der Waals surface area (Å²) in [5.41, 5.74) is 6.31. The third-order valence-electron chi connectivity index (χ3n) is 1.67. The molecule has 72 valence electrons. The molecule has 0 aliphatic carbocycles. The van der Waals surface area contributed by atoms with E-state index in [-0.39, 0.29) is 17.0 Å². The predicted octanol–water partition coefficient (Wildman–Crippen LogP) is 1.42. The second kappa shape index (κ2) is 3.99. The maximum atomic E-state index is 10.5. The lowest BCUT2D eigenvalue weighted by Gasteiger charge is -2.04. The first kappa shape index (κ1) is 10.4. The van der Waals surface area contributed by atoms with E-state index < -0.39 is 5.97 Å². The monoisotopic (exact) mass is 210 g/mol. The third kappa shape index (κ3) is 2.15. The van der Waals surface area contributed by atoms with Crippen molar-refractivity contribution in [1.29, 1.82) is 5.26 Å². The number of nitrogen functional groups attached to an aromatic ring is 1. The first-order valence-electron chi connectivity index (χ1n) is 3.74. The fourth-order valence-corrected chi connectivity index (χ4v) is 1.38. The zero-order chi connectivity index (χ0) is 10.7. The van der Waals surface area contributed by atoms with Crippen LogP contribution in [0.15, 0.2) is 12.1 Å². The summed E-state index contributed by atoms with van der Waals surface area (Å²) in [7, 11) is 0. The van der Waals surface area contributed by atoms with E-state index in [1.54, 1.807) is 0 Å². The number of benzene rings is 1. The summed E-state index contributed by atoms with van der Waals surface area (Å²) in [6.45, 7) is 0. The van der Waals surface area contributed by atoms with Crippen LogP contribution >= 0.6 is 11.6 Å². The fraction of sp³-hybridized carbons (Fsp3) is 0.111. The first-order valence-corrected chi connectivity index (χ1v) is 4.12. The number of carboxylic acids is 1. The van der Waals surface area contributed by atoms with Crippen molar-refractivity contribution in [3.8, 4) is 6.07 Å². The summed E-state index contributed by atoms with van der Waals surface area (Å²) < 4.78 is 0. The minimum absolute atomic E-state index is 0.206. The van der Waals surface area contributed by atoms with Gasteiger partial charge in [0.25, 0.3) is 0 Å². The van der Waals surface area contributed by atoms with Crippen molar-refractivity contribution in [1.82, 2.24) is 0 Å². The number of carbonyl (C=O) groups is 1. The Labute approximate surface area is 85.5 Å². The van der Waals surface area contributed by atoms with Crippen molar-refractivity contribution in [2.24, 2.45) is 0 Å². The highest BCUT2D eigenvalue weighted by Crippen LogP contribution is 2.23. The molecule has 1 aromatic rings. The molecule has 0 aliphatic rings. The van der Waals surface area contributed by atoms with Gasteiger partial charge in [0.1, 0.15) is 0 Å². The molecule has 14 heavy (non-hydrogen) atoms. The van der Waals surface area contributed by atoms with Gasteiger partial charge in [-0.2, -0.15) is 5.26 Å².